The van der Waals surface area contributed by atoms with Crippen molar-refractivity contribution in [2.24, 2.45) is 4.99 Å². The maximum absolute atomic E-state index is 12.2. The molecule has 1 N–H and O–H groups in total. The Morgan fingerprint density at radius 2 is 2.18 bits per heavy atom. The highest BCUT2D eigenvalue weighted by molar-refractivity contribution is 8.15. The van der Waals surface area contributed by atoms with Gasteiger partial charge >= 0.3 is 0 Å². The smallest absolute Gasteiger partial charge is 0.238 e. The molecule has 0 saturated carbocycles. The van der Waals surface area contributed by atoms with Crippen LogP contribution >= 0.6 is 11.8 Å². The number of hydrogen-bond acceptors (Lipinski definition) is 6. The first-order valence-corrected chi connectivity index (χ1v) is 7.32. The topological polar surface area (TPSA) is 102 Å². The molecule has 8 heteroatoms. The van der Waals surface area contributed by atoms with Crippen molar-refractivity contribution < 1.29 is 19.5 Å². The number of carbonyl (C=O) groups excluding carboxylic acids is 3. The van der Waals surface area contributed by atoms with Gasteiger partial charge in [-0.2, -0.15) is 0 Å². The van der Waals surface area contributed by atoms with E-state index >= 15 is 0 Å². The van der Waals surface area contributed by atoms with Crippen LogP contribution in [0, 0.1) is 0 Å². The molecule has 0 aliphatic carbocycles. The van der Waals surface area contributed by atoms with Gasteiger partial charge in [0, 0.05) is 26.2 Å². The summed E-state index contributed by atoms with van der Waals surface area (Å²) in [5, 5.41) is 13.3. The Labute approximate surface area is 131 Å². The molecule has 2 amide bonds. The number of aromatic carboxylic acids is 1. The van der Waals surface area contributed by atoms with Gasteiger partial charge in [0.1, 0.15) is 5.25 Å². The number of nitrogens with one attached hydrogen (secondary N) is 1. The van der Waals surface area contributed by atoms with E-state index in [9.17, 15) is 19.5 Å². The minimum Gasteiger partial charge on any atom is -0.545 e. The molecule has 1 aliphatic heterocycles. The van der Waals surface area contributed by atoms with E-state index in [2.05, 4.69) is 10.3 Å². The summed E-state index contributed by atoms with van der Waals surface area (Å²) in [7, 11) is 3.16. The molecule has 0 radical (unpaired) electrons. The van der Waals surface area contributed by atoms with Crippen molar-refractivity contribution in [2.45, 2.75) is 11.7 Å². The summed E-state index contributed by atoms with van der Waals surface area (Å²) in [6.07, 6.45) is 0.0617. The van der Waals surface area contributed by atoms with Crippen molar-refractivity contribution in [3.8, 4) is 0 Å². The van der Waals surface area contributed by atoms with E-state index in [-0.39, 0.29) is 23.8 Å². The fourth-order valence-corrected chi connectivity index (χ4v) is 2.96. The minimum atomic E-state index is -1.32. The molecule has 1 aromatic carbocycles. The SMILES string of the molecule is CN=C1S[C@H](C(=O)Nc2cccc(C(=O)[O-])c2)CC(=O)N1C. The second-order valence-electron chi connectivity index (χ2n) is 4.63. The van der Waals surface area contributed by atoms with E-state index in [0.29, 0.717) is 10.9 Å². The first kappa shape index (κ1) is 16.0. The van der Waals surface area contributed by atoms with E-state index in [1.54, 1.807) is 20.2 Å². The van der Waals surface area contributed by atoms with Crippen molar-refractivity contribution in [3.05, 3.63) is 29.8 Å². The largest absolute Gasteiger partial charge is 0.545 e. The van der Waals surface area contributed by atoms with Gasteiger partial charge in [0.2, 0.25) is 11.8 Å². The number of carbonyl (C=O) groups is 3. The number of amides is 2. The minimum absolute atomic E-state index is 0.0271. The normalized spacial score (nSPS) is 20.1. The average Bonchev–Trinajstić information content (AvgIpc) is 2.50. The van der Waals surface area contributed by atoms with E-state index in [1.807, 2.05) is 0 Å². The number of anilines is 1. The second kappa shape index (κ2) is 6.61. The molecule has 22 heavy (non-hydrogen) atoms. The molecule has 1 atom stereocenters. The molecule has 1 fully saturated rings. The van der Waals surface area contributed by atoms with Crippen molar-refractivity contribution in [2.75, 3.05) is 19.4 Å². The lowest BCUT2D eigenvalue weighted by molar-refractivity contribution is -0.255. The van der Waals surface area contributed by atoms with Gasteiger partial charge < -0.3 is 15.2 Å². The van der Waals surface area contributed by atoms with Crippen molar-refractivity contribution in [1.29, 1.82) is 0 Å². The van der Waals surface area contributed by atoms with Gasteiger partial charge in [-0.1, -0.05) is 23.9 Å². The summed E-state index contributed by atoms with van der Waals surface area (Å²) in [5.41, 5.74) is 0.314. The van der Waals surface area contributed by atoms with Crippen molar-refractivity contribution >= 4 is 40.4 Å². The Morgan fingerprint density at radius 1 is 1.45 bits per heavy atom. The second-order valence-corrected chi connectivity index (χ2v) is 5.80. The monoisotopic (exact) mass is 320 g/mol. The number of carboxylic acid groups (broad SMARTS) is 1. The molecule has 1 heterocycles. The lowest BCUT2D eigenvalue weighted by Crippen LogP contribution is -2.43. The van der Waals surface area contributed by atoms with Crippen LogP contribution in [0.15, 0.2) is 29.3 Å². The molecule has 0 spiro atoms. The third-order valence-corrected chi connectivity index (χ3v) is 4.45. The molecule has 0 bridgehead atoms. The van der Waals surface area contributed by atoms with Crippen LogP contribution in [-0.4, -0.2) is 47.2 Å². The zero-order valence-corrected chi connectivity index (χ0v) is 12.8. The number of aliphatic imine (C=N–C) groups is 1. The van der Waals surface area contributed by atoms with Crippen LogP contribution < -0.4 is 10.4 Å². The molecule has 2 rings (SSSR count). The summed E-state index contributed by atoms with van der Waals surface area (Å²) < 4.78 is 0. The van der Waals surface area contributed by atoms with Crippen LogP contribution in [0.1, 0.15) is 16.8 Å². The standard InChI is InChI=1S/C14H15N3O4S/c1-15-14-17(2)11(18)7-10(22-14)12(19)16-9-5-3-4-8(6-9)13(20)21/h3-6,10H,7H2,1-2H3,(H,16,19)(H,20,21)/p-1/t10-/m0/s1. The average molecular weight is 320 g/mol. The lowest BCUT2D eigenvalue weighted by Gasteiger charge is -2.28. The zero-order chi connectivity index (χ0) is 16.3. The van der Waals surface area contributed by atoms with Gasteiger partial charge in [0.05, 0.1) is 5.97 Å². The van der Waals surface area contributed by atoms with E-state index < -0.39 is 11.2 Å². The van der Waals surface area contributed by atoms with E-state index in [1.165, 1.54) is 34.9 Å². The number of rotatable bonds is 3. The summed E-state index contributed by atoms with van der Waals surface area (Å²) in [5.74, 6) is -1.88. The molecule has 1 aliphatic rings. The Hall–Kier alpha value is -2.35. The van der Waals surface area contributed by atoms with Gasteiger partial charge in [-0.15, -0.1) is 0 Å². The molecular weight excluding hydrogens is 306 g/mol. The number of hydrogen-bond donors (Lipinski definition) is 1. The van der Waals surface area contributed by atoms with Gasteiger partial charge in [0.15, 0.2) is 5.17 Å². The van der Waals surface area contributed by atoms with Crippen LogP contribution in [0.3, 0.4) is 0 Å². The Morgan fingerprint density at radius 3 is 2.82 bits per heavy atom. The predicted molar refractivity (Wildman–Crippen MR) is 81.5 cm³/mol. The third-order valence-electron chi connectivity index (χ3n) is 3.12. The maximum Gasteiger partial charge on any atom is 0.238 e. The summed E-state index contributed by atoms with van der Waals surface area (Å²) in [6.45, 7) is 0. The molecule has 7 nitrogen and oxygen atoms in total. The van der Waals surface area contributed by atoms with E-state index in [0.717, 1.165) is 0 Å². The molecule has 1 aromatic rings. The first-order valence-electron chi connectivity index (χ1n) is 6.44. The molecule has 0 aromatic heterocycles. The predicted octanol–water partition coefficient (Wildman–Crippen LogP) is -0.0617. The number of nitrogens with zero attached hydrogens (tertiary/aromatic N) is 2. The highest BCUT2D eigenvalue weighted by Crippen LogP contribution is 2.26. The summed E-state index contributed by atoms with van der Waals surface area (Å²) in [4.78, 5) is 40.3. The Balaban J connectivity index is 2.11. The van der Waals surface area contributed by atoms with Crippen LogP contribution in [-0.2, 0) is 9.59 Å². The summed E-state index contributed by atoms with van der Waals surface area (Å²) >= 11 is 1.20. The number of thioether (sulfide) groups is 1. The Kier molecular flexibility index (Phi) is 4.81. The maximum atomic E-state index is 12.2. The van der Waals surface area contributed by atoms with E-state index in [4.69, 9.17) is 0 Å². The van der Waals surface area contributed by atoms with Crippen LogP contribution in [0.25, 0.3) is 0 Å². The van der Waals surface area contributed by atoms with Gasteiger partial charge in [-0.3, -0.25) is 19.5 Å². The lowest BCUT2D eigenvalue weighted by atomic mass is 10.2. The van der Waals surface area contributed by atoms with Gasteiger partial charge in [-0.25, -0.2) is 0 Å². The fraction of sp³-hybridized carbons (Fsp3) is 0.286. The first-order chi connectivity index (χ1) is 10.4. The molecule has 0 unspecified atom stereocenters. The highest BCUT2D eigenvalue weighted by Gasteiger charge is 2.33. The van der Waals surface area contributed by atoms with Crippen molar-refractivity contribution in [1.82, 2.24) is 4.90 Å². The van der Waals surface area contributed by atoms with Crippen LogP contribution in [0.2, 0.25) is 0 Å². The van der Waals surface area contributed by atoms with Gasteiger partial charge in [-0.05, 0) is 17.7 Å². The van der Waals surface area contributed by atoms with Crippen LogP contribution in [0.5, 0.6) is 0 Å². The number of benzene rings is 1. The molecule has 116 valence electrons. The Bertz CT molecular complexity index is 659. The number of amidine groups is 1. The fourth-order valence-electron chi connectivity index (χ4n) is 1.95. The highest BCUT2D eigenvalue weighted by atomic mass is 32.2. The molecule has 1 saturated heterocycles. The quantitative estimate of drug-likeness (QED) is 0.840. The van der Waals surface area contributed by atoms with Gasteiger partial charge in [0.25, 0.3) is 0 Å². The van der Waals surface area contributed by atoms with Crippen molar-refractivity contribution in [3.63, 3.8) is 0 Å². The zero-order valence-electron chi connectivity index (χ0n) is 12.0. The molecular formula is C14H14N3O4S-. The number of carboxylic acids is 1. The van der Waals surface area contributed by atoms with Crippen LogP contribution in [0.4, 0.5) is 5.69 Å². The summed E-state index contributed by atoms with van der Waals surface area (Å²) in [6, 6.07) is 5.76. The third kappa shape index (κ3) is 3.45.